The van der Waals surface area contributed by atoms with Gasteiger partial charge in [-0.05, 0) is 13.0 Å². The largest absolute Gasteiger partial charge is 0.493 e. The van der Waals surface area contributed by atoms with Crippen LogP contribution in [0.1, 0.15) is 18.9 Å². The van der Waals surface area contributed by atoms with E-state index in [4.69, 9.17) is 9.47 Å². The van der Waals surface area contributed by atoms with Crippen LogP contribution in [0, 0.1) is 0 Å². The van der Waals surface area contributed by atoms with E-state index in [1.807, 2.05) is 25.1 Å². The number of ether oxygens (including phenoxy) is 2. The van der Waals surface area contributed by atoms with E-state index in [-0.39, 0.29) is 5.91 Å². The fourth-order valence-corrected chi connectivity index (χ4v) is 1.84. The predicted octanol–water partition coefficient (Wildman–Crippen LogP) is 1.66. The van der Waals surface area contributed by atoms with Crippen molar-refractivity contribution >= 4 is 5.91 Å². The third kappa shape index (κ3) is 4.74. The van der Waals surface area contributed by atoms with Gasteiger partial charge in [0.05, 0.1) is 13.7 Å². The van der Waals surface area contributed by atoms with Crippen molar-refractivity contribution in [2.75, 3.05) is 34.4 Å². The highest BCUT2D eigenvalue weighted by Gasteiger charge is 2.10. The van der Waals surface area contributed by atoms with Gasteiger partial charge in [0.2, 0.25) is 5.91 Å². The molecule has 1 aromatic rings. The first kappa shape index (κ1) is 16.3. The molecule has 1 aromatic carbocycles. The van der Waals surface area contributed by atoms with Crippen molar-refractivity contribution in [2.45, 2.75) is 19.9 Å². The highest BCUT2D eigenvalue weighted by molar-refractivity contribution is 5.75. The van der Waals surface area contributed by atoms with Crippen molar-refractivity contribution in [1.82, 2.24) is 10.2 Å². The number of hydrogen-bond acceptors (Lipinski definition) is 4. The minimum Gasteiger partial charge on any atom is -0.493 e. The van der Waals surface area contributed by atoms with Crippen LogP contribution >= 0.6 is 0 Å². The lowest BCUT2D eigenvalue weighted by molar-refractivity contribution is -0.128. The van der Waals surface area contributed by atoms with Crippen LogP contribution in [0.5, 0.6) is 11.5 Å². The average molecular weight is 280 g/mol. The lowest BCUT2D eigenvalue weighted by atomic mass is 10.2. The number of benzene rings is 1. The first-order valence-corrected chi connectivity index (χ1v) is 6.79. The standard InChI is InChI=1S/C15H24N2O3/c1-5-20-13-8-6-7-12(15(13)19-4)11-16-10-9-14(18)17(2)3/h6-8,16H,5,9-11H2,1-4H3. The van der Waals surface area contributed by atoms with Crippen LogP contribution in [0.15, 0.2) is 18.2 Å². The zero-order valence-electron chi connectivity index (χ0n) is 12.7. The van der Waals surface area contributed by atoms with Crippen molar-refractivity contribution in [3.05, 3.63) is 23.8 Å². The van der Waals surface area contributed by atoms with Crippen molar-refractivity contribution in [2.24, 2.45) is 0 Å². The monoisotopic (exact) mass is 280 g/mol. The molecule has 5 nitrogen and oxygen atoms in total. The van der Waals surface area contributed by atoms with Gasteiger partial charge < -0.3 is 19.7 Å². The Balaban J connectivity index is 2.55. The molecule has 0 bridgehead atoms. The van der Waals surface area contributed by atoms with Gasteiger partial charge in [-0.25, -0.2) is 0 Å². The van der Waals surface area contributed by atoms with Crippen molar-refractivity contribution in [3.8, 4) is 11.5 Å². The van der Waals surface area contributed by atoms with Gasteiger partial charge in [0.25, 0.3) is 0 Å². The van der Waals surface area contributed by atoms with Crippen LogP contribution < -0.4 is 14.8 Å². The molecule has 1 rings (SSSR count). The van der Waals surface area contributed by atoms with Gasteiger partial charge in [0.15, 0.2) is 11.5 Å². The maximum atomic E-state index is 11.5. The van der Waals surface area contributed by atoms with Crippen molar-refractivity contribution in [3.63, 3.8) is 0 Å². The summed E-state index contributed by atoms with van der Waals surface area (Å²) in [6.45, 7) is 3.83. The van der Waals surface area contributed by atoms with E-state index in [2.05, 4.69) is 5.32 Å². The molecule has 112 valence electrons. The number of methoxy groups -OCH3 is 1. The second-order valence-corrected chi connectivity index (χ2v) is 4.60. The summed E-state index contributed by atoms with van der Waals surface area (Å²) >= 11 is 0. The topological polar surface area (TPSA) is 50.8 Å². The number of hydrogen-bond donors (Lipinski definition) is 1. The number of para-hydroxylation sites is 1. The second-order valence-electron chi connectivity index (χ2n) is 4.60. The lowest BCUT2D eigenvalue weighted by Crippen LogP contribution is -2.26. The van der Waals surface area contributed by atoms with E-state index >= 15 is 0 Å². The summed E-state index contributed by atoms with van der Waals surface area (Å²) in [6, 6.07) is 5.82. The number of carbonyl (C=O) groups is 1. The van der Waals surface area contributed by atoms with Gasteiger partial charge in [0.1, 0.15) is 0 Å². The normalized spacial score (nSPS) is 10.2. The molecular weight excluding hydrogens is 256 g/mol. The van der Waals surface area contributed by atoms with E-state index in [1.54, 1.807) is 26.1 Å². The molecule has 1 amide bonds. The molecule has 0 saturated carbocycles. The maximum absolute atomic E-state index is 11.5. The minimum absolute atomic E-state index is 0.118. The third-order valence-electron chi connectivity index (χ3n) is 2.89. The molecule has 0 unspecified atom stereocenters. The Labute approximate surface area is 120 Å². The molecule has 0 aliphatic rings. The summed E-state index contributed by atoms with van der Waals surface area (Å²) in [4.78, 5) is 13.1. The van der Waals surface area contributed by atoms with E-state index in [0.29, 0.717) is 26.1 Å². The SMILES string of the molecule is CCOc1cccc(CNCCC(=O)N(C)C)c1OC. The number of carbonyl (C=O) groups excluding carboxylic acids is 1. The number of amides is 1. The molecule has 1 N–H and O–H groups in total. The summed E-state index contributed by atoms with van der Waals surface area (Å²) in [5.41, 5.74) is 1.02. The Bertz CT molecular complexity index is 433. The van der Waals surface area contributed by atoms with Gasteiger partial charge in [-0.15, -0.1) is 0 Å². The van der Waals surface area contributed by atoms with E-state index in [1.165, 1.54) is 0 Å². The summed E-state index contributed by atoms with van der Waals surface area (Å²) in [5, 5.41) is 3.25. The molecule has 0 spiro atoms. The van der Waals surface area contributed by atoms with Gasteiger partial charge in [-0.2, -0.15) is 0 Å². The summed E-state index contributed by atoms with van der Waals surface area (Å²) < 4.78 is 10.9. The first-order chi connectivity index (χ1) is 9.60. The number of nitrogens with zero attached hydrogens (tertiary/aromatic N) is 1. The Hall–Kier alpha value is -1.75. The zero-order chi connectivity index (χ0) is 15.0. The highest BCUT2D eigenvalue weighted by Crippen LogP contribution is 2.30. The van der Waals surface area contributed by atoms with Crippen LogP contribution in [0.3, 0.4) is 0 Å². The minimum atomic E-state index is 0.118. The quantitative estimate of drug-likeness (QED) is 0.736. The van der Waals surface area contributed by atoms with E-state index in [9.17, 15) is 4.79 Å². The third-order valence-corrected chi connectivity index (χ3v) is 2.89. The molecule has 0 radical (unpaired) electrons. The second kappa shape index (κ2) is 8.43. The molecule has 0 aromatic heterocycles. The van der Waals surface area contributed by atoms with Crippen LogP contribution in [-0.2, 0) is 11.3 Å². The molecule has 0 fully saturated rings. The Morgan fingerprint density at radius 1 is 1.35 bits per heavy atom. The molecule has 5 heteroatoms. The van der Waals surface area contributed by atoms with Gasteiger partial charge in [0, 0.05) is 39.2 Å². The van der Waals surface area contributed by atoms with Crippen LogP contribution in [0.4, 0.5) is 0 Å². The molecule has 0 saturated heterocycles. The van der Waals surface area contributed by atoms with Gasteiger partial charge >= 0.3 is 0 Å². The lowest BCUT2D eigenvalue weighted by Gasteiger charge is -2.14. The maximum Gasteiger partial charge on any atom is 0.223 e. The van der Waals surface area contributed by atoms with Crippen molar-refractivity contribution in [1.29, 1.82) is 0 Å². The highest BCUT2D eigenvalue weighted by atomic mass is 16.5. The van der Waals surface area contributed by atoms with E-state index < -0.39 is 0 Å². The molecule has 0 atom stereocenters. The van der Waals surface area contributed by atoms with Crippen LogP contribution in [0.25, 0.3) is 0 Å². The average Bonchev–Trinajstić information content (AvgIpc) is 2.43. The smallest absolute Gasteiger partial charge is 0.223 e. The summed E-state index contributed by atoms with van der Waals surface area (Å²) in [6.07, 6.45) is 0.487. The van der Waals surface area contributed by atoms with E-state index in [0.717, 1.165) is 17.1 Å². The molecule has 20 heavy (non-hydrogen) atoms. The molecule has 0 heterocycles. The van der Waals surface area contributed by atoms with Gasteiger partial charge in [-0.1, -0.05) is 12.1 Å². The van der Waals surface area contributed by atoms with Gasteiger partial charge in [-0.3, -0.25) is 4.79 Å². The zero-order valence-corrected chi connectivity index (χ0v) is 12.7. The fraction of sp³-hybridized carbons (Fsp3) is 0.533. The first-order valence-electron chi connectivity index (χ1n) is 6.79. The number of nitrogens with one attached hydrogen (secondary N) is 1. The predicted molar refractivity (Wildman–Crippen MR) is 79.2 cm³/mol. The summed E-state index contributed by atoms with van der Waals surface area (Å²) in [5.74, 6) is 1.62. The van der Waals surface area contributed by atoms with Crippen LogP contribution in [-0.4, -0.2) is 45.2 Å². The number of rotatable bonds is 8. The molecular formula is C15H24N2O3. The Morgan fingerprint density at radius 2 is 2.10 bits per heavy atom. The Morgan fingerprint density at radius 3 is 2.70 bits per heavy atom. The Kier molecular flexibility index (Phi) is 6.87. The fourth-order valence-electron chi connectivity index (χ4n) is 1.84. The van der Waals surface area contributed by atoms with Crippen LogP contribution in [0.2, 0.25) is 0 Å². The summed E-state index contributed by atoms with van der Waals surface area (Å²) in [7, 11) is 5.16. The van der Waals surface area contributed by atoms with Crippen molar-refractivity contribution < 1.29 is 14.3 Å². The molecule has 0 aliphatic heterocycles. The molecule has 0 aliphatic carbocycles.